The zero-order valence-electron chi connectivity index (χ0n) is 13.4. The molecule has 0 aromatic rings. The Morgan fingerprint density at radius 3 is 2.26 bits per heavy atom. The summed E-state index contributed by atoms with van der Waals surface area (Å²) in [5.74, 6) is 7.53. The van der Waals surface area contributed by atoms with Crippen LogP contribution >= 0.6 is 0 Å². The summed E-state index contributed by atoms with van der Waals surface area (Å²) >= 11 is 0. The van der Waals surface area contributed by atoms with E-state index in [9.17, 15) is 0 Å². The van der Waals surface area contributed by atoms with Crippen LogP contribution in [0.2, 0.25) is 0 Å². The normalized spacial score (nSPS) is 50.4. The first-order valence-electron chi connectivity index (χ1n) is 9.17. The fraction of sp³-hybridized carbons (Fsp3) is 1.00. The molecule has 19 heavy (non-hydrogen) atoms. The van der Waals surface area contributed by atoms with Gasteiger partial charge in [-0.1, -0.05) is 33.6 Å². The third kappa shape index (κ3) is 2.88. The van der Waals surface area contributed by atoms with Gasteiger partial charge >= 0.3 is 0 Å². The predicted molar refractivity (Wildman–Crippen MR) is 83.0 cm³/mol. The minimum atomic E-state index is 1.02. The fourth-order valence-corrected chi connectivity index (χ4v) is 6.02. The highest BCUT2D eigenvalue weighted by molar-refractivity contribution is 4.91. The quantitative estimate of drug-likeness (QED) is 0.593. The van der Waals surface area contributed by atoms with Crippen LogP contribution in [0.1, 0.15) is 78.6 Å². The second kappa shape index (κ2) is 5.78. The molecule has 0 nitrogen and oxygen atoms in total. The van der Waals surface area contributed by atoms with Gasteiger partial charge in [-0.2, -0.15) is 0 Å². The molecule has 0 saturated heterocycles. The Morgan fingerprint density at radius 2 is 1.47 bits per heavy atom. The van der Waals surface area contributed by atoms with E-state index in [2.05, 4.69) is 20.8 Å². The average molecular weight is 262 g/mol. The summed E-state index contributed by atoms with van der Waals surface area (Å²) in [7, 11) is 0. The van der Waals surface area contributed by atoms with Crippen molar-refractivity contribution in [1.29, 1.82) is 0 Å². The first-order chi connectivity index (χ1) is 9.17. The Kier molecular flexibility index (Phi) is 4.25. The standard InChI is InChI=1S/C19H34/c1-4-5-16-12-19(9-14(16)3)18-7-6-17-10-15(11-18)8-13(17)2/h13-19H,4-12H2,1-3H3. The summed E-state index contributed by atoms with van der Waals surface area (Å²) in [6, 6.07) is 0. The Hall–Kier alpha value is 0. The van der Waals surface area contributed by atoms with E-state index in [4.69, 9.17) is 0 Å². The van der Waals surface area contributed by atoms with Crippen LogP contribution in [0.5, 0.6) is 0 Å². The molecule has 0 heterocycles. The van der Waals surface area contributed by atoms with Crippen molar-refractivity contribution in [1.82, 2.24) is 0 Å². The molecule has 0 heteroatoms. The third-order valence-corrected chi connectivity index (χ3v) is 7.10. The Morgan fingerprint density at radius 1 is 0.737 bits per heavy atom. The van der Waals surface area contributed by atoms with Gasteiger partial charge in [0.1, 0.15) is 0 Å². The maximum Gasteiger partial charge on any atom is -0.0380 e. The molecule has 7 atom stereocenters. The van der Waals surface area contributed by atoms with E-state index in [1.165, 1.54) is 12.8 Å². The van der Waals surface area contributed by atoms with Crippen molar-refractivity contribution in [3.63, 3.8) is 0 Å². The van der Waals surface area contributed by atoms with Crippen molar-refractivity contribution in [2.24, 2.45) is 41.4 Å². The van der Waals surface area contributed by atoms with Gasteiger partial charge in [-0.25, -0.2) is 0 Å². The first-order valence-corrected chi connectivity index (χ1v) is 9.17. The molecule has 0 spiro atoms. The highest BCUT2D eigenvalue weighted by Crippen LogP contribution is 2.51. The van der Waals surface area contributed by atoms with Crippen molar-refractivity contribution in [3.05, 3.63) is 0 Å². The van der Waals surface area contributed by atoms with E-state index >= 15 is 0 Å². The smallest absolute Gasteiger partial charge is 0.0380 e. The van der Waals surface area contributed by atoms with Gasteiger partial charge in [-0.3, -0.25) is 0 Å². The second-order valence-corrected chi connectivity index (χ2v) is 8.41. The first kappa shape index (κ1) is 14.0. The number of fused-ring (bicyclic) bond motifs is 2. The lowest BCUT2D eigenvalue weighted by atomic mass is 9.78. The molecule has 0 aliphatic heterocycles. The molecule has 3 fully saturated rings. The molecule has 3 rings (SSSR count). The number of hydrogen-bond acceptors (Lipinski definition) is 0. The molecule has 0 N–H and O–H groups in total. The zero-order chi connectivity index (χ0) is 13.4. The molecule has 0 radical (unpaired) electrons. The van der Waals surface area contributed by atoms with Crippen molar-refractivity contribution < 1.29 is 0 Å². The van der Waals surface area contributed by atoms with Gasteiger partial charge in [0.15, 0.2) is 0 Å². The van der Waals surface area contributed by atoms with Crippen molar-refractivity contribution >= 4 is 0 Å². The maximum atomic E-state index is 2.53. The molecule has 3 aliphatic carbocycles. The molecule has 3 aliphatic rings. The van der Waals surface area contributed by atoms with Crippen LogP contribution in [-0.4, -0.2) is 0 Å². The maximum absolute atomic E-state index is 2.53. The average Bonchev–Trinajstić information content (AvgIpc) is 2.81. The molecule has 2 bridgehead atoms. The Bertz CT molecular complexity index is 294. The van der Waals surface area contributed by atoms with Crippen molar-refractivity contribution in [2.45, 2.75) is 78.6 Å². The van der Waals surface area contributed by atoms with Crippen molar-refractivity contribution in [3.8, 4) is 0 Å². The van der Waals surface area contributed by atoms with Gasteiger partial charge in [0.25, 0.3) is 0 Å². The van der Waals surface area contributed by atoms with E-state index in [0.29, 0.717) is 0 Å². The summed E-state index contributed by atoms with van der Waals surface area (Å²) in [6.07, 6.45) is 13.9. The van der Waals surface area contributed by atoms with Gasteiger partial charge in [0.05, 0.1) is 0 Å². The van der Waals surface area contributed by atoms with E-state index < -0.39 is 0 Å². The van der Waals surface area contributed by atoms with E-state index in [-0.39, 0.29) is 0 Å². The summed E-state index contributed by atoms with van der Waals surface area (Å²) in [5, 5.41) is 0. The topological polar surface area (TPSA) is 0 Å². The lowest BCUT2D eigenvalue weighted by Crippen LogP contribution is -2.17. The predicted octanol–water partition coefficient (Wildman–Crippen LogP) is 5.91. The summed E-state index contributed by atoms with van der Waals surface area (Å²) < 4.78 is 0. The molecular weight excluding hydrogens is 228 g/mol. The fourth-order valence-electron chi connectivity index (χ4n) is 6.02. The molecule has 3 saturated carbocycles. The summed E-state index contributed by atoms with van der Waals surface area (Å²) in [5.41, 5.74) is 0. The monoisotopic (exact) mass is 262 g/mol. The molecule has 7 unspecified atom stereocenters. The second-order valence-electron chi connectivity index (χ2n) is 8.41. The van der Waals surface area contributed by atoms with Crippen molar-refractivity contribution in [2.75, 3.05) is 0 Å². The lowest BCUT2D eigenvalue weighted by molar-refractivity contribution is 0.235. The molecule has 0 amide bonds. The van der Waals surface area contributed by atoms with E-state index in [1.54, 1.807) is 44.9 Å². The van der Waals surface area contributed by atoms with Crippen LogP contribution in [0.25, 0.3) is 0 Å². The summed E-state index contributed by atoms with van der Waals surface area (Å²) in [6.45, 7) is 7.41. The van der Waals surface area contributed by atoms with Gasteiger partial charge in [-0.05, 0) is 86.4 Å². The highest BCUT2D eigenvalue weighted by atomic mass is 14.5. The number of rotatable bonds is 3. The zero-order valence-corrected chi connectivity index (χ0v) is 13.4. The molecule has 0 aromatic heterocycles. The third-order valence-electron chi connectivity index (χ3n) is 7.10. The SMILES string of the molecule is CCCC1CC(C2CCC3CC(CC3C)C2)CC1C. The van der Waals surface area contributed by atoms with Crippen LogP contribution in [0.4, 0.5) is 0 Å². The van der Waals surface area contributed by atoms with Crippen LogP contribution < -0.4 is 0 Å². The Balaban J connectivity index is 1.58. The van der Waals surface area contributed by atoms with E-state index in [0.717, 1.165) is 41.4 Å². The van der Waals surface area contributed by atoms with Crippen LogP contribution in [0.3, 0.4) is 0 Å². The number of hydrogen-bond donors (Lipinski definition) is 0. The summed E-state index contributed by atoms with van der Waals surface area (Å²) in [4.78, 5) is 0. The van der Waals surface area contributed by atoms with Crippen LogP contribution in [0, 0.1) is 41.4 Å². The highest BCUT2D eigenvalue weighted by Gasteiger charge is 2.41. The van der Waals surface area contributed by atoms with E-state index in [1.807, 2.05) is 0 Å². The molecular formula is C19H34. The van der Waals surface area contributed by atoms with Gasteiger partial charge in [0.2, 0.25) is 0 Å². The molecule has 0 aromatic carbocycles. The molecule has 110 valence electrons. The minimum absolute atomic E-state index is 1.02. The van der Waals surface area contributed by atoms with Crippen LogP contribution in [-0.2, 0) is 0 Å². The van der Waals surface area contributed by atoms with Gasteiger partial charge in [0, 0.05) is 0 Å². The van der Waals surface area contributed by atoms with Gasteiger partial charge in [-0.15, -0.1) is 0 Å². The largest absolute Gasteiger partial charge is 0.0654 e. The lowest BCUT2D eigenvalue weighted by Gasteiger charge is -2.27. The minimum Gasteiger partial charge on any atom is -0.0654 e. The Labute approximate surface area is 120 Å². The van der Waals surface area contributed by atoms with Gasteiger partial charge < -0.3 is 0 Å². The van der Waals surface area contributed by atoms with Crippen LogP contribution in [0.15, 0.2) is 0 Å².